The van der Waals surface area contributed by atoms with E-state index in [2.05, 4.69) is 21.7 Å². The van der Waals surface area contributed by atoms with Crippen molar-refractivity contribution in [3.63, 3.8) is 0 Å². The highest BCUT2D eigenvalue weighted by Gasteiger charge is 2.23. The SMILES string of the molecule is O=C(/C=C/c1cc(Cl)c2c(c1)OCCO2)NCC(c1cccs1)N1CCOCC1. The van der Waals surface area contributed by atoms with Gasteiger partial charge in [-0.2, -0.15) is 0 Å². The van der Waals surface area contributed by atoms with Gasteiger partial charge in [0.05, 0.1) is 24.3 Å². The van der Waals surface area contributed by atoms with Crippen LogP contribution < -0.4 is 14.8 Å². The quantitative estimate of drug-likeness (QED) is 0.706. The average molecular weight is 435 g/mol. The van der Waals surface area contributed by atoms with Gasteiger partial charge in [0, 0.05) is 30.6 Å². The van der Waals surface area contributed by atoms with E-state index in [1.807, 2.05) is 12.1 Å². The van der Waals surface area contributed by atoms with Crippen LogP contribution >= 0.6 is 22.9 Å². The summed E-state index contributed by atoms with van der Waals surface area (Å²) in [4.78, 5) is 16.0. The molecule has 154 valence electrons. The van der Waals surface area contributed by atoms with Crippen LogP contribution in [-0.2, 0) is 9.53 Å². The molecule has 1 unspecified atom stereocenters. The molecule has 6 nitrogen and oxygen atoms in total. The Kier molecular flexibility index (Phi) is 6.71. The van der Waals surface area contributed by atoms with Crippen molar-refractivity contribution in [1.82, 2.24) is 10.2 Å². The summed E-state index contributed by atoms with van der Waals surface area (Å²) in [5.74, 6) is 1.02. The van der Waals surface area contributed by atoms with Gasteiger partial charge in [-0.3, -0.25) is 9.69 Å². The molecule has 1 atom stereocenters. The molecule has 0 spiro atoms. The van der Waals surface area contributed by atoms with E-state index in [9.17, 15) is 4.79 Å². The van der Waals surface area contributed by atoms with Gasteiger partial charge in [-0.05, 0) is 35.2 Å². The van der Waals surface area contributed by atoms with E-state index in [0.29, 0.717) is 36.3 Å². The van der Waals surface area contributed by atoms with Crippen LogP contribution in [0.25, 0.3) is 6.08 Å². The summed E-state index contributed by atoms with van der Waals surface area (Å²) in [6.07, 6.45) is 3.25. The van der Waals surface area contributed by atoms with E-state index in [0.717, 1.165) is 31.9 Å². The molecule has 2 aromatic rings. The summed E-state index contributed by atoms with van der Waals surface area (Å²) < 4.78 is 16.6. The Morgan fingerprint density at radius 3 is 2.86 bits per heavy atom. The van der Waals surface area contributed by atoms with Crippen molar-refractivity contribution in [2.45, 2.75) is 6.04 Å². The number of rotatable bonds is 6. The molecule has 3 heterocycles. The number of nitrogens with zero attached hydrogens (tertiary/aromatic N) is 1. The maximum Gasteiger partial charge on any atom is 0.244 e. The van der Waals surface area contributed by atoms with Gasteiger partial charge in [-0.1, -0.05) is 17.7 Å². The van der Waals surface area contributed by atoms with Crippen molar-refractivity contribution in [3.05, 3.63) is 51.2 Å². The minimum absolute atomic E-state index is 0.147. The molecule has 0 saturated carbocycles. The lowest BCUT2D eigenvalue weighted by Crippen LogP contribution is -2.43. The average Bonchev–Trinajstić information content (AvgIpc) is 3.28. The Morgan fingerprint density at radius 1 is 1.24 bits per heavy atom. The summed E-state index contributed by atoms with van der Waals surface area (Å²) in [7, 11) is 0. The van der Waals surface area contributed by atoms with Crippen LogP contribution in [0.5, 0.6) is 11.5 Å². The number of ether oxygens (including phenoxy) is 3. The van der Waals surface area contributed by atoms with E-state index in [-0.39, 0.29) is 11.9 Å². The zero-order chi connectivity index (χ0) is 20.1. The number of nitrogens with one attached hydrogen (secondary N) is 1. The predicted octanol–water partition coefficient (Wildman–Crippen LogP) is 3.38. The van der Waals surface area contributed by atoms with E-state index >= 15 is 0 Å². The van der Waals surface area contributed by atoms with Gasteiger partial charge < -0.3 is 19.5 Å². The topological polar surface area (TPSA) is 60.0 Å². The number of thiophene rings is 1. The fourth-order valence-corrected chi connectivity index (χ4v) is 4.57. The maximum absolute atomic E-state index is 12.4. The molecule has 8 heteroatoms. The first-order valence-corrected chi connectivity index (χ1v) is 10.9. The number of amides is 1. The molecule has 1 amide bonds. The van der Waals surface area contributed by atoms with Crippen molar-refractivity contribution in [1.29, 1.82) is 0 Å². The number of hydrogen-bond acceptors (Lipinski definition) is 6. The lowest BCUT2D eigenvalue weighted by Gasteiger charge is -2.34. The molecule has 4 rings (SSSR count). The van der Waals surface area contributed by atoms with Crippen LogP contribution in [0.15, 0.2) is 35.7 Å². The second-order valence-electron chi connectivity index (χ2n) is 6.78. The smallest absolute Gasteiger partial charge is 0.244 e. The Balaban J connectivity index is 1.39. The van der Waals surface area contributed by atoms with Gasteiger partial charge in [0.2, 0.25) is 5.91 Å². The lowest BCUT2D eigenvalue weighted by atomic mass is 10.1. The zero-order valence-corrected chi connectivity index (χ0v) is 17.5. The molecule has 2 aliphatic heterocycles. The normalized spacial score (nSPS) is 18.0. The number of hydrogen-bond donors (Lipinski definition) is 1. The molecule has 1 fully saturated rings. The van der Waals surface area contributed by atoms with Gasteiger partial charge >= 0.3 is 0 Å². The van der Waals surface area contributed by atoms with Crippen LogP contribution in [0, 0.1) is 0 Å². The maximum atomic E-state index is 12.4. The minimum Gasteiger partial charge on any atom is -0.486 e. The van der Waals surface area contributed by atoms with Crippen molar-refractivity contribution in [2.75, 3.05) is 46.1 Å². The van der Waals surface area contributed by atoms with E-state index in [1.165, 1.54) is 11.0 Å². The second kappa shape index (κ2) is 9.63. The third kappa shape index (κ3) is 5.11. The number of morpholine rings is 1. The highest BCUT2D eigenvalue weighted by molar-refractivity contribution is 7.10. The van der Waals surface area contributed by atoms with Gasteiger partial charge in [0.15, 0.2) is 11.5 Å². The van der Waals surface area contributed by atoms with Crippen molar-refractivity contribution >= 4 is 34.9 Å². The van der Waals surface area contributed by atoms with Gasteiger partial charge in [0.25, 0.3) is 0 Å². The lowest BCUT2D eigenvalue weighted by molar-refractivity contribution is -0.116. The summed E-state index contributed by atoms with van der Waals surface area (Å²) in [5.41, 5.74) is 0.789. The summed E-state index contributed by atoms with van der Waals surface area (Å²) in [6, 6.07) is 7.90. The first kappa shape index (κ1) is 20.2. The van der Waals surface area contributed by atoms with Crippen LogP contribution in [-0.4, -0.2) is 56.9 Å². The van der Waals surface area contributed by atoms with Gasteiger partial charge in [-0.25, -0.2) is 0 Å². The third-order valence-corrected chi connectivity index (χ3v) is 6.13. The fourth-order valence-electron chi connectivity index (χ4n) is 3.43. The first-order valence-electron chi connectivity index (χ1n) is 9.61. The van der Waals surface area contributed by atoms with Crippen molar-refractivity contribution < 1.29 is 19.0 Å². The molecule has 1 aromatic heterocycles. The Bertz CT molecular complexity index is 866. The highest BCUT2D eigenvalue weighted by atomic mass is 35.5. The number of benzene rings is 1. The molecule has 1 aromatic carbocycles. The monoisotopic (exact) mass is 434 g/mol. The molecule has 1 N–H and O–H groups in total. The molecular weight excluding hydrogens is 412 g/mol. The van der Waals surface area contributed by atoms with Crippen LogP contribution in [0.2, 0.25) is 5.02 Å². The van der Waals surface area contributed by atoms with Crippen LogP contribution in [0.1, 0.15) is 16.5 Å². The van der Waals surface area contributed by atoms with E-state index in [4.69, 9.17) is 25.8 Å². The summed E-state index contributed by atoms with van der Waals surface area (Å²) in [5, 5.41) is 5.57. The van der Waals surface area contributed by atoms with Crippen LogP contribution in [0.4, 0.5) is 0 Å². The first-order chi connectivity index (χ1) is 14.2. The van der Waals surface area contributed by atoms with E-state index < -0.39 is 0 Å². The molecule has 2 aliphatic rings. The molecule has 29 heavy (non-hydrogen) atoms. The Hall–Kier alpha value is -2.06. The molecule has 0 aliphatic carbocycles. The standard InChI is InChI=1S/C21H23ClN2O4S/c22-16-12-15(13-18-21(16)28-10-9-27-18)3-4-20(25)23-14-17(19-2-1-11-29-19)24-5-7-26-8-6-24/h1-4,11-13,17H,5-10,14H2,(H,23,25)/b4-3+. The Morgan fingerprint density at radius 2 is 2.07 bits per heavy atom. The summed E-state index contributed by atoms with van der Waals surface area (Å²) in [6.45, 7) is 4.70. The number of carbonyl (C=O) groups is 1. The van der Waals surface area contributed by atoms with Crippen LogP contribution in [0.3, 0.4) is 0 Å². The second-order valence-corrected chi connectivity index (χ2v) is 8.17. The molecule has 0 bridgehead atoms. The van der Waals surface area contributed by atoms with E-state index in [1.54, 1.807) is 23.5 Å². The predicted molar refractivity (Wildman–Crippen MR) is 114 cm³/mol. The Labute approximate surface area is 179 Å². The number of fused-ring (bicyclic) bond motifs is 1. The number of halogens is 1. The summed E-state index contributed by atoms with van der Waals surface area (Å²) >= 11 is 7.96. The number of carbonyl (C=O) groups excluding carboxylic acids is 1. The molecule has 0 radical (unpaired) electrons. The molecular formula is C21H23ClN2O4S. The van der Waals surface area contributed by atoms with Crippen molar-refractivity contribution in [3.8, 4) is 11.5 Å². The van der Waals surface area contributed by atoms with Gasteiger partial charge in [0.1, 0.15) is 13.2 Å². The minimum atomic E-state index is -0.147. The van der Waals surface area contributed by atoms with Gasteiger partial charge in [-0.15, -0.1) is 11.3 Å². The highest BCUT2D eigenvalue weighted by Crippen LogP contribution is 2.38. The third-order valence-electron chi connectivity index (χ3n) is 4.87. The fraction of sp³-hybridized carbons (Fsp3) is 0.381. The van der Waals surface area contributed by atoms with Crippen molar-refractivity contribution in [2.24, 2.45) is 0 Å². The zero-order valence-electron chi connectivity index (χ0n) is 15.9. The molecule has 1 saturated heterocycles. The largest absolute Gasteiger partial charge is 0.486 e.